The van der Waals surface area contributed by atoms with Gasteiger partial charge in [-0.15, -0.1) is 0 Å². The molecule has 0 saturated heterocycles. The van der Waals surface area contributed by atoms with Crippen molar-refractivity contribution >= 4 is 5.91 Å². The van der Waals surface area contributed by atoms with Gasteiger partial charge in [0.25, 0.3) is 11.5 Å². The van der Waals surface area contributed by atoms with E-state index in [1.807, 2.05) is 25.1 Å². The third kappa shape index (κ3) is 3.24. The van der Waals surface area contributed by atoms with Crippen LogP contribution in [0.4, 0.5) is 0 Å². The number of rotatable bonds is 5. The topological polar surface area (TPSA) is 64.0 Å². The monoisotopic (exact) mass is 297 g/mol. The average molecular weight is 297 g/mol. The lowest BCUT2D eigenvalue weighted by Gasteiger charge is -2.09. The number of aromatic nitrogens is 2. The lowest BCUT2D eigenvalue weighted by molar-refractivity contribution is 0.0951. The van der Waals surface area contributed by atoms with Crippen molar-refractivity contribution in [3.63, 3.8) is 0 Å². The first-order valence-electron chi connectivity index (χ1n) is 7.55. The number of aryl methyl sites for hydroxylation is 1. The molecule has 1 saturated carbocycles. The second-order valence-electron chi connectivity index (χ2n) is 5.69. The fraction of sp³-hybridized carbons (Fsp3) is 0.353. The Labute approximate surface area is 129 Å². The van der Waals surface area contributed by atoms with Crippen LogP contribution < -0.4 is 10.9 Å². The molecule has 0 spiro atoms. The van der Waals surface area contributed by atoms with Crippen LogP contribution in [0.1, 0.15) is 40.4 Å². The van der Waals surface area contributed by atoms with Gasteiger partial charge in [-0.3, -0.25) is 14.2 Å². The highest BCUT2D eigenvalue weighted by Crippen LogP contribution is 2.38. The number of amides is 1. The van der Waals surface area contributed by atoms with Gasteiger partial charge in [-0.05, 0) is 31.4 Å². The molecule has 0 radical (unpaired) electrons. The van der Waals surface area contributed by atoms with Gasteiger partial charge in [-0.1, -0.05) is 18.2 Å². The minimum Gasteiger partial charge on any atom is -0.350 e. The summed E-state index contributed by atoms with van der Waals surface area (Å²) in [6.07, 6.45) is 3.84. The minimum atomic E-state index is -0.117. The average Bonchev–Trinajstić information content (AvgIpc) is 3.34. The van der Waals surface area contributed by atoms with E-state index in [4.69, 9.17) is 0 Å². The van der Waals surface area contributed by atoms with Crippen LogP contribution in [0.3, 0.4) is 0 Å². The van der Waals surface area contributed by atoms with E-state index in [-0.39, 0.29) is 11.5 Å². The fourth-order valence-electron chi connectivity index (χ4n) is 2.42. The number of hydrogen-bond acceptors (Lipinski definition) is 3. The normalized spacial score (nSPS) is 13.9. The molecule has 5 nitrogen and oxygen atoms in total. The third-order valence-electron chi connectivity index (χ3n) is 3.92. The largest absolute Gasteiger partial charge is 0.350 e. The van der Waals surface area contributed by atoms with Crippen molar-refractivity contribution in [2.75, 3.05) is 6.54 Å². The van der Waals surface area contributed by atoms with Gasteiger partial charge in [-0.25, -0.2) is 4.98 Å². The molecule has 3 rings (SSSR count). The molecule has 1 aliphatic carbocycles. The first kappa shape index (κ1) is 14.5. The zero-order chi connectivity index (χ0) is 15.5. The van der Waals surface area contributed by atoms with E-state index in [1.54, 1.807) is 18.5 Å². The highest BCUT2D eigenvalue weighted by atomic mass is 16.1. The van der Waals surface area contributed by atoms with Crippen molar-refractivity contribution < 1.29 is 4.79 Å². The fourth-order valence-corrected chi connectivity index (χ4v) is 2.42. The summed E-state index contributed by atoms with van der Waals surface area (Å²) in [4.78, 5) is 28.4. The van der Waals surface area contributed by atoms with Gasteiger partial charge in [0.15, 0.2) is 0 Å². The van der Waals surface area contributed by atoms with Gasteiger partial charge in [0, 0.05) is 30.6 Å². The number of carbonyl (C=O) groups excluding carboxylic acids is 1. The van der Waals surface area contributed by atoms with E-state index in [0.29, 0.717) is 24.6 Å². The van der Waals surface area contributed by atoms with Gasteiger partial charge < -0.3 is 5.32 Å². The second kappa shape index (κ2) is 6.13. The van der Waals surface area contributed by atoms with Crippen LogP contribution in [0.15, 0.2) is 41.5 Å². The summed E-state index contributed by atoms with van der Waals surface area (Å²) in [7, 11) is 0. The van der Waals surface area contributed by atoms with Crippen LogP contribution >= 0.6 is 0 Å². The summed E-state index contributed by atoms with van der Waals surface area (Å²) in [6.45, 7) is 2.73. The first-order valence-corrected chi connectivity index (χ1v) is 7.55. The Hall–Kier alpha value is -2.43. The summed E-state index contributed by atoms with van der Waals surface area (Å²) in [6, 6.07) is 9.05. The molecule has 0 bridgehead atoms. The maximum atomic E-state index is 12.1. The molecule has 1 heterocycles. The highest BCUT2D eigenvalue weighted by molar-refractivity contribution is 5.95. The van der Waals surface area contributed by atoms with E-state index in [9.17, 15) is 9.59 Å². The van der Waals surface area contributed by atoms with Crippen LogP contribution in [0.25, 0.3) is 0 Å². The lowest BCUT2D eigenvalue weighted by Crippen LogP contribution is -2.31. The molecule has 22 heavy (non-hydrogen) atoms. The van der Waals surface area contributed by atoms with Gasteiger partial charge >= 0.3 is 0 Å². The molecule has 0 atom stereocenters. The number of nitrogens with one attached hydrogen (secondary N) is 1. The van der Waals surface area contributed by atoms with Gasteiger partial charge in [0.2, 0.25) is 0 Å². The Morgan fingerprint density at radius 2 is 2.14 bits per heavy atom. The van der Waals surface area contributed by atoms with Crippen LogP contribution in [-0.4, -0.2) is 22.0 Å². The van der Waals surface area contributed by atoms with Crippen molar-refractivity contribution in [3.8, 4) is 0 Å². The van der Waals surface area contributed by atoms with E-state index < -0.39 is 0 Å². The Kier molecular flexibility index (Phi) is 4.04. The van der Waals surface area contributed by atoms with Crippen LogP contribution in [0.2, 0.25) is 0 Å². The van der Waals surface area contributed by atoms with Crippen molar-refractivity contribution in [2.24, 2.45) is 0 Å². The number of carbonyl (C=O) groups is 1. The Morgan fingerprint density at radius 1 is 1.36 bits per heavy atom. The van der Waals surface area contributed by atoms with E-state index in [1.165, 1.54) is 4.57 Å². The maximum absolute atomic E-state index is 12.1. The molecule has 1 amide bonds. The zero-order valence-electron chi connectivity index (χ0n) is 12.6. The van der Waals surface area contributed by atoms with E-state index >= 15 is 0 Å². The molecule has 1 N–H and O–H groups in total. The number of nitrogens with zero attached hydrogens (tertiary/aromatic N) is 2. The summed E-state index contributed by atoms with van der Waals surface area (Å²) in [5.41, 5.74) is 2.44. The molecule has 2 aromatic rings. The third-order valence-corrected chi connectivity index (χ3v) is 3.92. The van der Waals surface area contributed by atoms with Crippen LogP contribution in [0.5, 0.6) is 0 Å². The SMILES string of the molecule is Cc1ccccc1C(=O)NCCn1cnc(C2CC2)cc1=O. The summed E-state index contributed by atoms with van der Waals surface area (Å²) in [5, 5.41) is 2.84. The Bertz CT molecular complexity index is 748. The maximum Gasteiger partial charge on any atom is 0.253 e. The number of hydrogen-bond donors (Lipinski definition) is 1. The summed E-state index contributed by atoms with van der Waals surface area (Å²) >= 11 is 0. The van der Waals surface area contributed by atoms with Crippen LogP contribution in [-0.2, 0) is 6.54 Å². The van der Waals surface area contributed by atoms with Crippen molar-refractivity contribution in [1.29, 1.82) is 0 Å². The summed E-state index contributed by atoms with van der Waals surface area (Å²) < 4.78 is 1.53. The van der Waals surface area contributed by atoms with Crippen LogP contribution in [0, 0.1) is 6.92 Å². The van der Waals surface area contributed by atoms with Gasteiger partial charge in [0.1, 0.15) is 0 Å². The Balaban J connectivity index is 1.58. The predicted molar refractivity (Wildman–Crippen MR) is 84.0 cm³/mol. The molecule has 1 aromatic carbocycles. The van der Waals surface area contributed by atoms with Gasteiger partial charge in [0.05, 0.1) is 12.0 Å². The molecule has 1 aliphatic rings. The quantitative estimate of drug-likeness (QED) is 0.916. The number of benzene rings is 1. The zero-order valence-corrected chi connectivity index (χ0v) is 12.6. The van der Waals surface area contributed by atoms with Crippen molar-refractivity contribution in [2.45, 2.75) is 32.2 Å². The molecular weight excluding hydrogens is 278 g/mol. The van der Waals surface area contributed by atoms with Crippen molar-refractivity contribution in [1.82, 2.24) is 14.9 Å². The minimum absolute atomic E-state index is 0.0537. The second-order valence-corrected chi connectivity index (χ2v) is 5.69. The molecule has 0 aliphatic heterocycles. The first-order chi connectivity index (χ1) is 10.6. The van der Waals surface area contributed by atoms with E-state index in [2.05, 4.69) is 10.3 Å². The molecular formula is C17H19N3O2. The highest BCUT2D eigenvalue weighted by Gasteiger charge is 2.25. The van der Waals surface area contributed by atoms with Crippen molar-refractivity contribution in [3.05, 3.63) is 63.8 Å². The molecule has 0 unspecified atom stereocenters. The molecule has 114 valence electrons. The van der Waals surface area contributed by atoms with Gasteiger partial charge in [-0.2, -0.15) is 0 Å². The molecule has 1 fully saturated rings. The molecule has 5 heteroatoms. The lowest BCUT2D eigenvalue weighted by atomic mass is 10.1. The smallest absolute Gasteiger partial charge is 0.253 e. The predicted octanol–water partition coefficient (Wildman–Crippen LogP) is 1.86. The van der Waals surface area contributed by atoms with E-state index in [0.717, 1.165) is 24.1 Å². The summed E-state index contributed by atoms with van der Waals surface area (Å²) in [5.74, 6) is 0.358. The Morgan fingerprint density at radius 3 is 2.82 bits per heavy atom. The standard InChI is InChI=1S/C17H19N3O2/c1-12-4-2-3-5-14(12)17(22)18-8-9-20-11-19-15(10-16(20)21)13-6-7-13/h2-5,10-11,13H,6-9H2,1H3,(H,18,22). The molecule has 1 aromatic heterocycles.